The summed E-state index contributed by atoms with van der Waals surface area (Å²) in [6.07, 6.45) is 0. The first-order valence-electron chi connectivity index (χ1n) is 3.89. The van der Waals surface area contributed by atoms with Crippen molar-refractivity contribution in [1.82, 2.24) is 4.98 Å². The molecule has 1 heterocycles. The molecule has 0 amide bonds. The van der Waals surface area contributed by atoms with Crippen LogP contribution >= 0.6 is 0 Å². The molecule has 66 valence electrons. The average Bonchev–Trinajstić information content (AvgIpc) is 1.82. The minimum absolute atomic E-state index is 0.203. The molecule has 0 bridgehead atoms. The maximum atomic E-state index is 11.0. The van der Waals surface area contributed by atoms with Crippen molar-refractivity contribution in [2.75, 3.05) is 0 Å². The molecular weight excluding hydrogens is 154 g/mol. The van der Waals surface area contributed by atoms with Gasteiger partial charge in [-0.05, 0) is 6.92 Å². The van der Waals surface area contributed by atoms with Gasteiger partial charge in [-0.2, -0.15) is 4.98 Å². The highest BCUT2D eigenvalue weighted by Gasteiger charge is 2.19. The standard InChI is InChI=1S/C9H13NO2/c1-6-5-7(11)10-8(12-6)9(2,3)4/h5H,1-4H3. The Bertz CT molecular complexity index is 333. The summed E-state index contributed by atoms with van der Waals surface area (Å²) >= 11 is 0. The highest BCUT2D eigenvalue weighted by atomic mass is 16.3. The van der Waals surface area contributed by atoms with E-state index in [1.54, 1.807) is 6.92 Å². The molecule has 0 aliphatic rings. The van der Waals surface area contributed by atoms with Crippen molar-refractivity contribution < 1.29 is 4.42 Å². The van der Waals surface area contributed by atoms with Gasteiger partial charge in [-0.25, -0.2) is 0 Å². The molecule has 0 unspecified atom stereocenters. The van der Waals surface area contributed by atoms with Crippen LogP contribution in [0.1, 0.15) is 32.4 Å². The van der Waals surface area contributed by atoms with Crippen LogP contribution in [0.3, 0.4) is 0 Å². The molecule has 3 nitrogen and oxygen atoms in total. The zero-order valence-corrected chi connectivity index (χ0v) is 7.84. The number of hydrogen-bond donors (Lipinski definition) is 0. The molecule has 12 heavy (non-hydrogen) atoms. The molecular formula is C9H13NO2. The van der Waals surface area contributed by atoms with Crippen molar-refractivity contribution in [3.63, 3.8) is 0 Å². The normalized spacial score (nSPS) is 11.7. The third kappa shape index (κ3) is 1.94. The second-order valence-corrected chi connectivity index (χ2v) is 3.86. The molecule has 0 aromatic carbocycles. The third-order valence-corrected chi connectivity index (χ3v) is 1.44. The van der Waals surface area contributed by atoms with Crippen LogP contribution in [0, 0.1) is 6.92 Å². The molecule has 0 N–H and O–H groups in total. The summed E-state index contributed by atoms with van der Waals surface area (Å²) in [5, 5.41) is 0. The Morgan fingerprint density at radius 3 is 2.42 bits per heavy atom. The van der Waals surface area contributed by atoms with E-state index in [4.69, 9.17) is 4.42 Å². The fourth-order valence-electron chi connectivity index (χ4n) is 0.832. The first kappa shape index (κ1) is 8.97. The lowest BCUT2D eigenvalue weighted by Gasteiger charge is -2.14. The van der Waals surface area contributed by atoms with Gasteiger partial charge in [0, 0.05) is 11.5 Å². The predicted molar refractivity (Wildman–Crippen MR) is 46.2 cm³/mol. The second kappa shape index (κ2) is 2.73. The Kier molecular flexibility index (Phi) is 2.04. The Labute approximate surface area is 71.4 Å². The smallest absolute Gasteiger partial charge is 0.276 e. The summed E-state index contributed by atoms with van der Waals surface area (Å²) in [7, 11) is 0. The summed E-state index contributed by atoms with van der Waals surface area (Å²) in [6, 6.07) is 1.38. The van der Waals surface area contributed by atoms with E-state index in [-0.39, 0.29) is 11.0 Å². The Morgan fingerprint density at radius 2 is 2.00 bits per heavy atom. The van der Waals surface area contributed by atoms with Gasteiger partial charge in [0.15, 0.2) is 0 Å². The largest absolute Gasteiger partial charge is 0.447 e. The van der Waals surface area contributed by atoms with Gasteiger partial charge in [0.25, 0.3) is 5.56 Å². The van der Waals surface area contributed by atoms with Gasteiger partial charge in [-0.1, -0.05) is 20.8 Å². The molecule has 0 radical (unpaired) electrons. The monoisotopic (exact) mass is 167 g/mol. The second-order valence-electron chi connectivity index (χ2n) is 3.86. The van der Waals surface area contributed by atoms with Crippen LogP contribution in [0.15, 0.2) is 15.3 Å². The van der Waals surface area contributed by atoms with Gasteiger partial charge in [-0.15, -0.1) is 0 Å². The van der Waals surface area contributed by atoms with Crippen LogP contribution in [0.25, 0.3) is 0 Å². The quantitative estimate of drug-likeness (QED) is 0.590. The van der Waals surface area contributed by atoms with Gasteiger partial charge >= 0.3 is 0 Å². The summed E-state index contributed by atoms with van der Waals surface area (Å²) in [5.74, 6) is 1.10. The number of aromatic nitrogens is 1. The molecule has 3 heteroatoms. The van der Waals surface area contributed by atoms with Crippen molar-refractivity contribution in [3.8, 4) is 0 Å². The molecule has 1 aromatic heterocycles. The van der Waals surface area contributed by atoms with E-state index < -0.39 is 0 Å². The SMILES string of the molecule is Cc1cc(=O)nc(C(C)(C)C)o1. The molecule has 0 fully saturated rings. The lowest BCUT2D eigenvalue weighted by atomic mass is 9.97. The fourth-order valence-corrected chi connectivity index (χ4v) is 0.832. The van der Waals surface area contributed by atoms with Crippen molar-refractivity contribution in [2.24, 2.45) is 0 Å². The Morgan fingerprint density at radius 1 is 1.42 bits per heavy atom. The minimum Gasteiger partial charge on any atom is -0.447 e. The van der Waals surface area contributed by atoms with Crippen molar-refractivity contribution >= 4 is 0 Å². The van der Waals surface area contributed by atoms with E-state index in [9.17, 15) is 4.79 Å². The summed E-state index contributed by atoms with van der Waals surface area (Å²) in [5.41, 5.74) is -0.436. The average molecular weight is 167 g/mol. The van der Waals surface area contributed by atoms with Crippen molar-refractivity contribution in [1.29, 1.82) is 0 Å². The molecule has 0 atom stereocenters. The highest BCUT2D eigenvalue weighted by Crippen LogP contribution is 2.18. The van der Waals surface area contributed by atoms with Crippen LogP contribution < -0.4 is 5.56 Å². The van der Waals surface area contributed by atoms with Crippen LogP contribution in [-0.4, -0.2) is 4.98 Å². The van der Waals surface area contributed by atoms with Gasteiger partial charge in [0.2, 0.25) is 5.89 Å². The summed E-state index contributed by atoms with van der Waals surface area (Å²) in [4.78, 5) is 14.8. The lowest BCUT2D eigenvalue weighted by Crippen LogP contribution is -2.19. The molecule has 0 saturated heterocycles. The predicted octanol–water partition coefficient (Wildman–Crippen LogP) is 1.64. The van der Waals surface area contributed by atoms with Crippen molar-refractivity contribution in [2.45, 2.75) is 33.1 Å². The van der Waals surface area contributed by atoms with E-state index in [0.717, 1.165) is 0 Å². The Balaban J connectivity index is 3.27. The number of hydrogen-bond acceptors (Lipinski definition) is 3. The van der Waals surface area contributed by atoms with E-state index in [1.165, 1.54) is 6.07 Å². The van der Waals surface area contributed by atoms with E-state index in [1.807, 2.05) is 20.8 Å². The Hall–Kier alpha value is -1.12. The van der Waals surface area contributed by atoms with Gasteiger partial charge < -0.3 is 4.42 Å². The molecule has 0 aliphatic heterocycles. The van der Waals surface area contributed by atoms with Gasteiger partial charge in [0.1, 0.15) is 5.76 Å². The highest BCUT2D eigenvalue weighted by molar-refractivity contribution is 5.01. The summed E-state index contributed by atoms with van der Waals surface area (Å²) < 4.78 is 5.31. The van der Waals surface area contributed by atoms with E-state index in [0.29, 0.717) is 11.7 Å². The van der Waals surface area contributed by atoms with E-state index in [2.05, 4.69) is 4.98 Å². The molecule has 1 rings (SSSR count). The minimum atomic E-state index is -0.233. The first-order valence-corrected chi connectivity index (χ1v) is 3.89. The van der Waals surface area contributed by atoms with Crippen molar-refractivity contribution in [3.05, 3.63) is 28.1 Å². The summed E-state index contributed by atoms with van der Waals surface area (Å²) in [6.45, 7) is 7.62. The number of aryl methyl sites for hydroxylation is 1. The first-order chi connectivity index (χ1) is 5.39. The number of nitrogens with zero attached hydrogens (tertiary/aromatic N) is 1. The van der Waals surface area contributed by atoms with Gasteiger partial charge in [0.05, 0.1) is 0 Å². The van der Waals surface area contributed by atoms with Gasteiger partial charge in [-0.3, -0.25) is 4.79 Å². The third-order valence-electron chi connectivity index (χ3n) is 1.44. The van der Waals surface area contributed by atoms with Crippen LogP contribution in [-0.2, 0) is 5.41 Å². The van der Waals surface area contributed by atoms with E-state index >= 15 is 0 Å². The fraction of sp³-hybridized carbons (Fsp3) is 0.556. The zero-order chi connectivity index (χ0) is 9.35. The molecule has 0 spiro atoms. The topological polar surface area (TPSA) is 43.1 Å². The van der Waals surface area contributed by atoms with Crippen LogP contribution in [0.2, 0.25) is 0 Å². The van der Waals surface area contributed by atoms with Crippen LogP contribution in [0.4, 0.5) is 0 Å². The number of rotatable bonds is 0. The molecule has 1 aromatic rings. The lowest BCUT2D eigenvalue weighted by molar-refractivity contribution is 0.354. The van der Waals surface area contributed by atoms with Crippen LogP contribution in [0.5, 0.6) is 0 Å². The maximum absolute atomic E-state index is 11.0. The zero-order valence-electron chi connectivity index (χ0n) is 7.84. The molecule has 0 saturated carbocycles. The maximum Gasteiger partial charge on any atom is 0.276 e. The molecule has 0 aliphatic carbocycles.